The van der Waals surface area contributed by atoms with Crippen molar-refractivity contribution in [3.8, 4) is 11.5 Å². The van der Waals surface area contributed by atoms with E-state index in [1.165, 1.54) is 11.6 Å². The lowest BCUT2D eigenvalue weighted by atomic mass is 10.1. The van der Waals surface area contributed by atoms with E-state index < -0.39 is 0 Å². The molecule has 3 heteroatoms. The lowest BCUT2D eigenvalue weighted by molar-refractivity contribution is 0.400. The van der Waals surface area contributed by atoms with Crippen LogP contribution >= 0.6 is 0 Å². The van der Waals surface area contributed by atoms with Crippen molar-refractivity contribution < 1.29 is 10.2 Å². The monoisotopic (exact) mass is 243 g/mol. The third-order valence-electron chi connectivity index (χ3n) is 2.97. The molecule has 94 valence electrons. The Labute approximate surface area is 107 Å². The van der Waals surface area contributed by atoms with Crippen molar-refractivity contribution in [2.24, 2.45) is 0 Å². The zero-order valence-corrected chi connectivity index (χ0v) is 10.4. The number of anilines is 1. The maximum atomic E-state index is 9.71. The molecule has 0 spiro atoms. The second-order valence-corrected chi connectivity index (χ2v) is 4.15. The van der Waals surface area contributed by atoms with Gasteiger partial charge in [0.2, 0.25) is 0 Å². The summed E-state index contributed by atoms with van der Waals surface area (Å²) in [7, 11) is 0. The summed E-state index contributed by atoms with van der Waals surface area (Å²) < 4.78 is 0. The Morgan fingerprint density at radius 1 is 0.944 bits per heavy atom. The van der Waals surface area contributed by atoms with E-state index in [0.29, 0.717) is 12.1 Å². The van der Waals surface area contributed by atoms with Gasteiger partial charge in [0.1, 0.15) is 0 Å². The fraction of sp³-hybridized carbons (Fsp3) is 0.200. The van der Waals surface area contributed by atoms with Crippen LogP contribution in [0.1, 0.15) is 18.1 Å². The number of rotatable bonds is 4. The van der Waals surface area contributed by atoms with Gasteiger partial charge in [0.05, 0.1) is 0 Å². The first kappa shape index (κ1) is 12.3. The molecular formula is C15H17NO2. The summed E-state index contributed by atoms with van der Waals surface area (Å²) >= 11 is 0. The maximum Gasteiger partial charge on any atom is 0.162 e. The van der Waals surface area contributed by atoms with E-state index in [-0.39, 0.29) is 11.5 Å². The topological polar surface area (TPSA) is 52.5 Å². The first-order valence-corrected chi connectivity index (χ1v) is 6.04. The molecule has 0 atom stereocenters. The second kappa shape index (κ2) is 5.45. The average Bonchev–Trinajstić information content (AvgIpc) is 2.41. The molecule has 18 heavy (non-hydrogen) atoms. The van der Waals surface area contributed by atoms with Crippen LogP contribution in [0.4, 0.5) is 5.69 Å². The highest BCUT2D eigenvalue weighted by Crippen LogP contribution is 2.29. The van der Waals surface area contributed by atoms with Crippen LogP contribution in [0, 0.1) is 0 Å². The summed E-state index contributed by atoms with van der Waals surface area (Å²) in [5.74, 6) is -0.142. The minimum absolute atomic E-state index is 0.0565. The minimum atomic E-state index is -0.0851. The van der Waals surface area contributed by atoms with Crippen LogP contribution in [0.2, 0.25) is 0 Å². The summed E-state index contributed by atoms with van der Waals surface area (Å²) in [6.07, 6.45) is 0.954. The van der Waals surface area contributed by atoms with Crippen LogP contribution in [0.15, 0.2) is 42.5 Å². The molecule has 0 fully saturated rings. The van der Waals surface area contributed by atoms with Gasteiger partial charge in [0.25, 0.3) is 0 Å². The van der Waals surface area contributed by atoms with Crippen molar-refractivity contribution in [2.75, 3.05) is 5.32 Å². The molecule has 0 unspecified atom stereocenters. The summed E-state index contributed by atoms with van der Waals surface area (Å²) in [5.41, 5.74) is 2.97. The van der Waals surface area contributed by atoms with Crippen LogP contribution in [0.5, 0.6) is 11.5 Å². The maximum absolute atomic E-state index is 9.71. The molecule has 2 rings (SSSR count). The van der Waals surface area contributed by atoms with Crippen molar-refractivity contribution in [1.82, 2.24) is 0 Å². The summed E-state index contributed by atoms with van der Waals surface area (Å²) in [5, 5.41) is 22.4. The number of aromatic hydroxyl groups is 2. The predicted octanol–water partition coefficient (Wildman–Crippen LogP) is 3.27. The fourth-order valence-electron chi connectivity index (χ4n) is 1.91. The third-order valence-corrected chi connectivity index (χ3v) is 2.97. The van der Waals surface area contributed by atoms with Gasteiger partial charge in [0, 0.05) is 17.8 Å². The summed E-state index contributed by atoms with van der Waals surface area (Å²) in [6, 6.07) is 13.1. The highest BCUT2D eigenvalue weighted by atomic mass is 16.3. The highest BCUT2D eigenvalue weighted by Gasteiger charge is 2.06. The van der Waals surface area contributed by atoms with E-state index in [2.05, 4.69) is 18.3 Å². The van der Waals surface area contributed by atoms with E-state index in [0.717, 1.165) is 12.1 Å². The zero-order chi connectivity index (χ0) is 13.0. The Bertz CT molecular complexity index is 538. The fourth-order valence-corrected chi connectivity index (χ4v) is 1.91. The molecule has 2 aromatic carbocycles. The van der Waals surface area contributed by atoms with Crippen molar-refractivity contribution >= 4 is 5.69 Å². The molecule has 0 saturated heterocycles. The molecule has 3 N–H and O–H groups in total. The number of phenols is 2. The lowest BCUT2D eigenvalue weighted by Gasteiger charge is -2.12. The molecule has 3 nitrogen and oxygen atoms in total. The molecule has 0 saturated carbocycles. The molecular weight excluding hydrogens is 226 g/mol. The lowest BCUT2D eigenvalue weighted by Crippen LogP contribution is -2.02. The highest BCUT2D eigenvalue weighted by molar-refractivity contribution is 5.53. The van der Waals surface area contributed by atoms with Gasteiger partial charge < -0.3 is 15.5 Å². The number of phenolic OH excluding ortho intramolecular Hbond substituents is 2. The van der Waals surface area contributed by atoms with E-state index in [1.54, 1.807) is 12.1 Å². The normalized spacial score (nSPS) is 10.3. The van der Waals surface area contributed by atoms with Crippen LogP contribution in [0.25, 0.3) is 0 Å². The van der Waals surface area contributed by atoms with Crippen molar-refractivity contribution in [2.45, 2.75) is 19.9 Å². The number of hydrogen-bond acceptors (Lipinski definition) is 3. The average molecular weight is 243 g/mol. The van der Waals surface area contributed by atoms with Gasteiger partial charge >= 0.3 is 0 Å². The Balaban J connectivity index is 2.14. The Morgan fingerprint density at radius 2 is 1.67 bits per heavy atom. The predicted molar refractivity (Wildman–Crippen MR) is 72.9 cm³/mol. The minimum Gasteiger partial charge on any atom is -0.504 e. The Morgan fingerprint density at radius 3 is 2.44 bits per heavy atom. The quantitative estimate of drug-likeness (QED) is 0.722. The van der Waals surface area contributed by atoms with Crippen LogP contribution < -0.4 is 5.32 Å². The van der Waals surface area contributed by atoms with E-state index in [4.69, 9.17) is 0 Å². The SMILES string of the molecule is CCc1ccccc1NCc1cccc(O)c1O. The molecule has 0 aliphatic heterocycles. The molecule has 0 amide bonds. The Kier molecular flexibility index (Phi) is 3.72. The van der Waals surface area contributed by atoms with E-state index >= 15 is 0 Å². The van der Waals surface area contributed by atoms with Gasteiger partial charge in [-0.15, -0.1) is 0 Å². The van der Waals surface area contributed by atoms with Crippen molar-refractivity contribution in [3.63, 3.8) is 0 Å². The first-order chi connectivity index (χ1) is 8.72. The van der Waals surface area contributed by atoms with Gasteiger partial charge in [-0.3, -0.25) is 0 Å². The standard InChI is InChI=1S/C15H17NO2/c1-2-11-6-3-4-8-13(11)16-10-12-7-5-9-14(17)15(12)18/h3-9,16-18H,2,10H2,1H3. The molecule has 0 heterocycles. The number of hydrogen-bond donors (Lipinski definition) is 3. The van der Waals surface area contributed by atoms with Gasteiger partial charge in [0.15, 0.2) is 11.5 Å². The molecule has 0 radical (unpaired) electrons. The smallest absolute Gasteiger partial charge is 0.162 e. The van der Waals surface area contributed by atoms with Crippen molar-refractivity contribution in [3.05, 3.63) is 53.6 Å². The van der Waals surface area contributed by atoms with Crippen molar-refractivity contribution in [1.29, 1.82) is 0 Å². The van der Waals surface area contributed by atoms with Gasteiger partial charge in [-0.05, 0) is 24.1 Å². The molecule has 0 aliphatic carbocycles. The number of aryl methyl sites for hydroxylation is 1. The van der Waals surface area contributed by atoms with Gasteiger partial charge in [-0.1, -0.05) is 37.3 Å². The van der Waals surface area contributed by atoms with E-state index in [1.807, 2.05) is 18.2 Å². The number of nitrogens with one attached hydrogen (secondary N) is 1. The summed E-state index contributed by atoms with van der Waals surface area (Å²) in [4.78, 5) is 0. The van der Waals surface area contributed by atoms with Gasteiger partial charge in [-0.2, -0.15) is 0 Å². The van der Waals surface area contributed by atoms with Crippen LogP contribution in [0.3, 0.4) is 0 Å². The first-order valence-electron chi connectivity index (χ1n) is 6.04. The second-order valence-electron chi connectivity index (χ2n) is 4.15. The molecule has 2 aromatic rings. The summed E-state index contributed by atoms with van der Waals surface area (Å²) in [6.45, 7) is 2.59. The largest absolute Gasteiger partial charge is 0.504 e. The van der Waals surface area contributed by atoms with Crippen LogP contribution in [-0.4, -0.2) is 10.2 Å². The molecule has 0 aliphatic rings. The number of benzene rings is 2. The van der Waals surface area contributed by atoms with Crippen LogP contribution in [-0.2, 0) is 13.0 Å². The third kappa shape index (κ3) is 2.56. The zero-order valence-electron chi connectivity index (χ0n) is 10.4. The Hall–Kier alpha value is -2.16. The molecule has 0 bridgehead atoms. The van der Waals surface area contributed by atoms with Gasteiger partial charge in [-0.25, -0.2) is 0 Å². The number of para-hydroxylation sites is 2. The molecule has 0 aromatic heterocycles. The van der Waals surface area contributed by atoms with E-state index in [9.17, 15) is 10.2 Å².